The number of benzene rings is 6. The third-order valence-electron chi connectivity index (χ3n) is 18.3. The summed E-state index contributed by atoms with van der Waals surface area (Å²) < 4.78 is 0. The fourth-order valence-corrected chi connectivity index (χ4v) is 14.1. The molecule has 3 aliphatic heterocycles. The lowest BCUT2D eigenvalue weighted by atomic mass is 9.36. The van der Waals surface area contributed by atoms with E-state index in [-0.39, 0.29) is 39.3 Å². The Kier molecular flexibility index (Phi) is 8.06. The van der Waals surface area contributed by atoms with Crippen LogP contribution < -0.4 is 26.2 Å². The van der Waals surface area contributed by atoms with Crippen molar-refractivity contribution in [3.63, 3.8) is 0 Å². The molecule has 0 saturated heterocycles. The molecule has 0 radical (unpaired) electrons. The molecule has 3 aliphatic carbocycles. The van der Waals surface area contributed by atoms with Crippen LogP contribution in [0.3, 0.4) is 0 Å². The number of para-hydroxylation sites is 1. The molecule has 2 atom stereocenters. The highest BCUT2D eigenvalue weighted by Crippen LogP contribution is 2.61. The van der Waals surface area contributed by atoms with Gasteiger partial charge in [0.2, 0.25) is 6.71 Å². The smallest absolute Gasteiger partial charge is 0.248 e. The summed E-state index contributed by atoms with van der Waals surface area (Å²) in [5.41, 5.74) is 24.6. The molecule has 12 rings (SSSR count). The predicted octanol–water partition coefficient (Wildman–Crippen LogP) is 14.1. The van der Waals surface area contributed by atoms with Gasteiger partial charge in [-0.3, -0.25) is 0 Å². The molecule has 0 aromatic heterocycles. The van der Waals surface area contributed by atoms with Crippen molar-refractivity contribution in [1.29, 1.82) is 0 Å². The van der Waals surface area contributed by atoms with E-state index < -0.39 is 0 Å². The van der Waals surface area contributed by atoms with Crippen molar-refractivity contribution < 1.29 is 0 Å². The van der Waals surface area contributed by atoms with Crippen LogP contribution in [0.25, 0.3) is 22.3 Å². The number of fused-ring (bicyclic) bond motifs is 10. The molecule has 2 unspecified atom stereocenters. The molecule has 0 amide bonds. The molecule has 2 nitrogen and oxygen atoms in total. The third-order valence-corrected chi connectivity index (χ3v) is 18.3. The first-order valence-corrected chi connectivity index (χ1v) is 24.4. The Morgan fingerprint density at radius 3 is 1.76 bits per heavy atom. The molecular weight excluding hydrogens is 759 g/mol. The topological polar surface area (TPSA) is 6.48 Å². The Morgan fingerprint density at radius 2 is 1.03 bits per heavy atom. The van der Waals surface area contributed by atoms with Gasteiger partial charge in [0.15, 0.2) is 0 Å². The highest BCUT2D eigenvalue weighted by Gasteiger charge is 2.58. The van der Waals surface area contributed by atoms with Gasteiger partial charge in [-0.2, -0.15) is 0 Å². The minimum Gasteiger partial charge on any atom is -0.334 e. The molecule has 6 aromatic carbocycles. The summed E-state index contributed by atoms with van der Waals surface area (Å²) >= 11 is 0. The van der Waals surface area contributed by atoms with Crippen LogP contribution in [0.15, 0.2) is 115 Å². The van der Waals surface area contributed by atoms with Gasteiger partial charge < -0.3 is 9.80 Å². The van der Waals surface area contributed by atoms with Crippen LogP contribution in [-0.4, -0.2) is 12.3 Å². The maximum Gasteiger partial charge on any atom is 0.248 e. The molecule has 3 heterocycles. The summed E-state index contributed by atoms with van der Waals surface area (Å²) in [4.78, 5) is 5.50. The summed E-state index contributed by atoms with van der Waals surface area (Å²) in [7, 11) is 0. The van der Waals surface area contributed by atoms with Gasteiger partial charge in [-0.05, 0) is 177 Å². The Morgan fingerprint density at radius 1 is 0.413 bits per heavy atom. The Hall–Kier alpha value is -5.02. The van der Waals surface area contributed by atoms with E-state index in [4.69, 9.17) is 0 Å². The average Bonchev–Trinajstić information content (AvgIpc) is 3.70. The standard InChI is InChI=1S/C60H65BN2/c1-55(2)28-29-56(3,4)46-34-40(23-25-44(46)55)62-52-37-48-47(57(5,6)30-31-58(48,7)8)36-50(52)61-49-35-41(63-51-21-15-14-20-45(51)59(9)26-16-17-27-60(59,63)10)22-24-42(49)43-32-39(33-53(62)54(43)61)38-18-12-11-13-19-38/h11-15,18-25,32-37H,16-17,26-31H2,1-10H3. The van der Waals surface area contributed by atoms with E-state index in [2.05, 4.69) is 194 Å². The van der Waals surface area contributed by atoms with Crippen molar-refractivity contribution in [1.82, 2.24) is 0 Å². The second-order valence-electron chi connectivity index (χ2n) is 23.8. The third kappa shape index (κ3) is 5.32. The second-order valence-corrected chi connectivity index (χ2v) is 23.8. The zero-order valence-corrected chi connectivity index (χ0v) is 39.6. The molecule has 0 spiro atoms. The molecule has 1 saturated carbocycles. The number of hydrogen-bond acceptors (Lipinski definition) is 2. The lowest BCUT2D eigenvalue weighted by molar-refractivity contribution is 0.195. The lowest BCUT2D eigenvalue weighted by Crippen LogP contribution is -2.56. The Bertz CT molecular complexity index is 2910. The second kappa shape index (κ2) is 12.8. The van der Waals surface area contributed by atoms with Crippen molar-refractivity contribution in [3.8, 4) is 22.3 Å². The van der Waals surface area contributed by atoms with Crippen molar-refractivity contribution in [3.05, 3.63) is 143 Å². The summed E-state index contributed by atoms with van der Waals surface area (Å²) in [5, 5.41) is 0. The Labute approximate surface area is 378 Å². The first kappa shape index (κ1) is 39.6. The molecule has 3 heteroatoms. The van der Waals surface area contributed by atoms with E-state index in [9.17, 15) is 0 Å². The van der Waals surface area contributed by atoms with E-state index in [0.717, 1.165) is 0 Å². The van der Waals surface area contributed by atoms with E-state index >= 15 is 0 Å². The van der Waals surface area contributed by atoms with Crippen LogP contribution in [0.2, 0.25) is 0 Å². The minimum atomic E-state index is 0.00497. The number of rotatable bonds is 3. The van der Waals surface area contributed by atoms with Crippen LogP contribution in [0, 0.1) is 0 Å². The van der Waals surface area contributed by atoms with E-state index in [1.54, 1.807) is 5.56 Å². The van der Waals surface area contributed by atoms with Crippen molar-refractivity contribution in [2.24, 2.45) is 0 Å². The molecule has 6 aliphatic rings. The molecule has 6 aromatic rings. The monoisotopic (exact) mass is 825 g/mol. The van der Waals surface area contributed by atoms with Crippen molar-refractivity contribution >= 4 is 51.5 Å². The summed E-state index contributed by atoms with van der Waals surface area (Å²) in [6, 6.07) is 46.2. The van der Waals surface area contributed by atoms with Crippen LogP contribution in [0.4, 0.5) is 28.4 Å². The highest BCUT2D eigenvalue weighted by atomic mass is 15.3. The Balaban J connectivity index is 1.15. The maximum absolute atomic E-state index is 2.78. The summed E-state index contributed by atoms with van der Waals surface area (Å²) in [5.74, 6) is 0. The van der Waals surface area contributed by atoms with Crippen LogP contribution in [0.1, 0.15) is 148 Å². The van der Waals surface area contributed by atoms with Crippen molar-refractivity contribution in [2.45, 2.75) is 153 Å². The minimum absolute atomic E-state index is 0.00497. The number of anilines is 5. The van der Waals surface area contributed by atoms with Gasteiger partial charge >= 0.3 is 0 Å². The molecule has 63 heavy (non-hydrogen) atoms. The normalized spacial score (nSPS) is 24.7. The van der Waals surface area contributed by atoms with Crippen LogP contribution in [0.5, 0.6) is 0 Å². The van der Waals surface area contributed by atoms with E-state index in [1.807, 2.05) is 0 Å². The quantitative estimate of drug-likeness (QED) is 0.164. The fourth-order valence-electron chi connectivity index (χ4n) is 14.1. The van der Waals surface area contributed by atoms with Gasteiger partial charge in [-0.25, -0.2) is 0 Å². The molecule has 318 valence electrons. The SMILES string of the molecule is CC1(C)CCC(C)(C)c2cc(N3c4cc5c(cc4B4c6cc(N7c8ccccc8C8(C)CCCCC78C)ccc6-c6cc(-c7ccccc7)cc3c64)C(C)(C)CCC5(C)C)ccc21. The summed E-state index contributed by atoms with van der Waals surface area (Å²) in [6.45, 7) is 25.1. The van der Waals surface area contributed by atoms with E-state index in [1.165, 1.54) is 141 Å². The molecular formula is C60H65BN2. The molecule has 0 bridgehead atoms. The van der Waals surface area contributed by atoms with Crippen LogP contribution in [-0.2, 0) is 27.1 Å². The van der Waals surface area contributed by atoms with Gasteiger partial charge in [-0.15, -0.1) is 0 Å². The van der Waals surface area contributed by atoms with Crippen molar-refractivity contribution in [2.75, 3.05) is 9.80 Å². The zero-order chi connectivity index (χ0) is 43.6. The van der Waals surface area contributed by atoms with Gasteiger partial charge in [-0.1, -0.05) is 147 Å². The van der Waals surface area contributed by atoms with Gasteiger partial charge in [0, 0.05) is 33.9 Å². The number of hydrogen-bond donors (Lipinski definition) is 0. The van der Waals surface area contributed by atoms with Gasteiger partial charge in [0.25, 0.3) is 0 Å². The van der Waals surface area contributed by atoms with E-state index in [0.29, 0.717) is 0 Å². The zero-order valence-electron chi connectivity index (χ0n) is 39.6. The fraction of sp³-hybridized carbons (Fsp3) is 0.400. The number of nitrogens with zero attached hydrogens (tertiary/aromatic N) is 2. The first-order chi connectivity index (χ1) is 29.9. The largest absolute Gasteiger partial charge is 0.334 e. The summed E-state index contributed by atoms with van der Waals surface area (Å²) in [6.07, 6.45) is 9.81. The maximum atomic E-state index is 2.78. The average molecular weight is 825 g/mol. The lowest BCUT2D eigenvalue weighted by Gasteiger charge is -2.50. The van der Waals surface area contributed by atoms with Gasteiger partial charge in [0.1, 0.15) is 0 Å². The molecule has 1 fully saturated rings. The first-order valence-electron chi connectivity index (χ1n) is 24.4. The molecule has 0 N–H and O–H groups in total. The van der Waals surface area contributed by atoms with Crippen LogP contribution >= 0.6 is 0 Å². The highest BCUT2D eigenvalue weighted by molar-refractivity contribution is 7.01. The van der Waals surface area contributed by atoms with Gasteiger partial charge in [0.05, 0.1) is 5.54 Å². The predicted molar refractivity (Wildman–Crippen MR) is 270 cm³/mol.